The van der Waals surface area contributed by atoms with Crippen LogP contribution in [-0.2, 0) is 0 Å². The highest BCUT2D eigenvalue weighted by atomic mass is 35.5. The summed E-state index contributed by atoms with van der Waals surface area (Å²) < 4.78 is 5.93. The van der Waals surface area contributed by atoms with Crippen molar-refractivity contribution in [1.82, 2.24) is 4.90 Å². The van der Waals surface area contributed by atoms with Gasteiger partial charge in [-0.2, -0.15) is 0 Å². The van der Waals surface area contributed by atoms with Gasteiger partial charge >= 0.3 is 0 Å². The van der Waals surface area contributed by atoms with Crippen LogP contribution >= 0.6 is 23.2 Å². The molecule has 0 aromatic heterocycles. The standard InChI is InChI=1S/C18H17Cl2NO3/c19-13-2-4-14(5-3-13)24-15-7-9-21(10-8-15)18(23)12-1-6-17(22)16(20)11-12/h1-6,11,15,22H,7-10H2. The van der Waals surface area contributed by atoms with Crippen LogP contribution in [0.4, 0.5) is 0 Å². The second kappa shape index (κ2) is 7.32. The normalized spacial score (nSPS) is 15.3. The molecule has 0 aliphatic carbocycles. The van der Waals surface area contributed by atoms with Crippen LogP contribution < -0.4 is 4.74 Å². The van der Waals surface area contributed by atoms with Crippen molar-refractivity contribution >= 4 is 29.1 Å². The van der Waals surface area contributed by atoms with Crippen LogP contribution in [-0.4, -0.2) is 35.1 Å². The van der Waals surface area contributed by atoms with Crippen LogP contribution in [0.3, 0.4) is 0 Å². The molecule has 1 heterocycles. The van der Waals surface area contributed by atoms with Gasteiger partial charge in [-0.1, -0.05) is 23.2 Å². The van der Waals surface area contributed by atoms with E-state index in [1.54, 1.807) is 23.1 Å². The fourth-order valence-electron chi connectivity index (χ4n) is 2.70. The van der Waals surface area contributed by atoms with E-state index < -0.39 is 0 Å². The van der Waals surface area contributed by atoms with E-state index in [4.69, 9.17) is 27.9 Å². The third-order valence-electron chi connectivity index (χ3n) is 4.04. The van der Waals surface area contributed by atoms with Crippen molar-refractivity contribution in [1.29, 1.82) is 0 Å². The first kappa shape index (κ1) is 16.9. The molecular weight excluding hydrogens is 349 g/mol. The Morgan fingerprint density at radius 2 is 1.75 bits per heavy atom. The average molecular weight is 366 g/mol. The number of hydrogen-bond donors (Lipinski definition) is 1. The van der Waals surface area contributed by atoms with Crippen LogP contribution in [0.1, 0.15) is 23.2 Å². The second-order valence-corrected chi connectivity index (χ2v) is 6.57. The van der Waals surface area contributed by atoms with E-state index in [0.29, 0.717) is 23.7 Å². The Bertz CT molecular complexity index is 726. The zero-order chi connectivity index (χ0) is 17.1. The molecule has 24 heavy (non-hydrogen) atoms. The number of amides is 1. The van der Waals surface area contributed by atoms with Crippen molar-refractivity contribution < 1.29 is 14.6 Å². The van der Waals surface area contributed by atoms with Crippen LogP contribution in [0.15, 0.2) is 42.5 Å². The molecule has 0 spiro atoms. The highest BCUT2D eigenvalue weighted by molar-refractivity contribution is 6.32. The number of halogens is 2. The molecule has 4 nitrogen and oxygen atoms in total. The number of piperidine rings is 1. The molecule has 1 fully saturated rings. The van der Waals surface area contributed by atoms with Crippen LogP contribution in [0.2, 0.25) is 10.0 Å². The Balaban J connectivity index is 1.57. The maximum Gasteiger partial charge on any atom is 0.253 e. The smallest absolute Gasteiger partial charge is 0.253 e. The number of benzene rings is 2. The number of hydrogen-bond acceptors (Lipinski definition) is 3. The van der Waals surface area contributed by atoms with Crippen molar-refractivity contribution in [3.05, 3.63) is 58.1 Å². The van der Waals surface area contributed by atoms with E-state index in [1.165, 1.54) is 12.1 Å². The third-order valence-corrected chi connectivity index (χ3v) is 4.59. The maximum absolute atomic E-state index is 12.5. The molecule has 1 saturated heterocycles. The number of ether oxygens (including phenoxy) is 1. The predicted molar refractivity (Wildman–Crippen MR) is 94.1 cm³/mol. The maximum atomic E-state index is 12.5. The molecule has 6 heteroatoms. The van der Waals surface area contributed by atoms with Gasteiger partial charge in [-0.05, 0) is 42.5 Å². The third kappa shape index (κ3) is 3.94. The Labute approximate surface area is 150 Å². The summed E-state index contributed by atoms with van der Waals surface area (Å²) >= 11 is 11.7. The van der Waals surface area contributed by atoms with Crippen LogP contribution in [0, 0.1) is 0 Å². The average Bonchev–Trinajstić information content (AvgIpc) is 2.59. The highest BCUT2D eigenvalue weighted by Crippen LogP contribution is 2.26. The Morgan fingerprint density at radius 3 is 2.38 bits per heavy atom. The van der Waals surface area contributed by atoms with Crippen molar-refractivity contribution in [2.24, 2.45) is 0 Å². The van der Waals surface area contributed by atoms with Gasteiger partial charge < -0.3 is 14.7 Å². The minimum absolute atomic E-state index is 0.0247. The topological polar surface area (TPSA) is 49.8 Å². The first-order valence-electron chi connectivity index (χ1n) is 7.73. The van der Waals surface area contributed by atoms with E-state index in [0.717, 1.165) is 18.6 Å². The van der Waals surface area contributed by atoms with Gasteiger partial charge in [0, 0.05) is 36.5 Å². The number of aromatic hydroxyl groups is 1. The number of phenols is 1. The van der Waals surface area contributed by atoms with E-state index in [-0.39, 0.29) is 22.8 Å². The minimum atomic E-state index is -0.0816. The molecule has 0 atom stereocenters. The largest absolute Gasteiger partial charge is 0.506 e. The number of phenolic OH excluding ortho intramolecular Hbond substituents is 1. The van der Waals surface area contributed by atoms with Crippen LogP contribution in [0.5, 0.6) is 11.5 Å². The molecule has 126 valence electrons. The Morgan fingerprint density at radius 1 is 1.08 bits per heavy atom. The van der Waals surface area contributed by atoms with E-state index >= 15 is 0 Å². The molecule has 0 bridgehead atoms. The van der Waals surface area contributed by atoms with Crippen molar-refractivity contribution in [2.45, 2.75) is 18.9 Å². The van der Waals surface area contributed by atoms with E-state index in [2.05, 4.69) is 0 Å². The Hall–Kier alpha value is -1.91. The molecule has 1 N–H and O–H groups in total. The fourth-order valence-corrected chi connectivity index (χ4v) is 3.01. The zero-order valence-electron chi connectivity index (χ0n) is 12.9. The molecule has 1 amide bonds. The second-order valence-electron chi connectivity index (χ2n) is 5.73. The summed E-state index contributed by atoms with van der Waals surface area (Å²) in [6.45, 7) is 1.24. The first-order chi connectivity index (χ1) is 11.5. The summed E-state index contributed by atoms with van der Waals surface area (Å²) in [4.78, 5) is 14.3. The molecule has 1 aliphatic rings. The van der Waals surface area contributed by atoms with Crippen molar-refractivity contribution in [3.63, 3.8) is 0 Å². The molecule has 3 rings (SSSR count). The summed E-state index contributed by atoms with van der Waals surface area (Å²) in [5.74, 6) is 0.680. The van der Waals surface area contributed by atoms with Gasteiger partial charge in [-0.15, -0.1) is 0 Å². The number of nitrogens with zero attached hydrogens (tertiary/aromatic N) is 1. The van der Waals surface area contributed by atoms with Gasteiger partial charge in [0.15, 0.2) is 0 Å². The van der Waals surface area contributed by atoms with Gasteiger partial charge in [-0.3, -0.25) is 4.79 Å². The lowest BCUT2D eigenvalue weighted by Gasteiger charge is -2.32. The molecule has 0 radical (unpaired) electrons. The number of likely N-dealkylation sites (tertiary alicyclic amines) is 1. The van der Waals surface area contributed by atoms with Gasteiger partial charge in [0.25, 0.3) is 5.91 Å². The number of carbonyl (C=O) groups excluding carboxylic acids is 1. The molecular formula is C18H17Cl2NO3. The molecule has 2 aromatic carbocycles. The van der Waals surface area contributed by atoms with Gasteiger partial charge in [0.1, 0.15) is 17.6 Å². The molecule has 0 unspecified atom stereocenters. The summed E-state index contributed by atoms with van der Waals surface area (Å²) in [5, 5.41) is 10.3. The van der Waals surface area contributed by atoms with Crippen LogP contribution in [0.25, 0.3) is 0 Å². The van der Waals surface area contributed by atoms with Gasteiger partial charge in [-0.25, -0.2) is 0 Å². The summed E-state index contributed by atoms with van der Waals surface area (Å²) in [7, 11) is 0. The first-order valence-corrected chi connectivity index (χ1v) is 8.48. The monoisotopic (exact) mass is 365 g/mol. The van der Waals surface area contributed by atoms with Gasteiger partial charge in [0.2, 0.25) is 0 Å². The zero-order valence-corrected chi connectivity index (χ0v) is 14.4. The van der Waals surface area contributed by atoms with E-state index in [9.17, 15) is 9.90 Å². The molecule has 2 aromatic rings. The van der Waals surface area contributed by atoms with Crippen molar-refractivity contribution in [2.75, 3.05) is 13.1 Å². The lowest BCUT2D eigenvalue weighted by atomic mass is 10.1. The minimum Gasteiger partial charge on any atom is -0.506 e. The quantitative estimate of drug-likeness (QED) is 0.877. The highest BCUT2D eigenvalue weighted by Gasteiger charge is 2.25. The molecule has 0 saturated carbocycles. The SMILES string of the molecule is O=C(c1ccc(O)c(Cl)c1)N1CCC(Oc2ccc(Cl)cc2)CC1. The van der Waals surface area contributed by atoms with Gasteiger partial charge in [0.05, 0.1) is 5.02 Å². The Kier molecular flexibility index (Phi) is 5.17. The summed E-state index contributed by atoms with van der Waals surface area (Å²) in [6, 6.07) is 11.8. The summed E-state index contributed by atoms with van der Waals surface area (Å²) in [6.07, 6.45) is 1.61. The number of rotatable bonds is 3. The lowest BCUT2D eigenvalue weighted by Crippen LogP contribution is -2.41. The fraction of sp³-hybridized carbons (Fsp3) is 0.278. The number of carbonyl (C=O) groups is 1. The van der Waals surface area contributed by atoms with E-state index in [1.807, 2.05) is 12.1 Å². The predicted octanol–water partition coefficient (Wildman–Crippen LogP) is 4.38. The molecule has 1 aliphatic heterocycles. The summed E-state index contributed by atoms with van der Waals surface area (Å²) in [5.41, 5.74) is 0.481. The van der Waals surface area contributed by atoms with Crippen molar-refractivity contribution in [3.8, 4) is 11.5 Å². The lowest BCUT2D eigenvalue weighted by molar-refractivity contribution is 0.0595.